The van der Waals surface area contributed by atoms with Crippen molar-refractivity contribution < 1.29 is 19.1 Å². The average Bonchev–Trinajstić information content (AvgIpc) is 2.74. The highest BCUT2D eigenvalue weighted by molar-refractivity contribution is 6.31. The first kappa shape index (κ1) is 20.1. The zero-order chi connectivity index (χ0) is 21.3. The maximum atomic E-state index is 12.9. The lowest BCUT2D eigenvalue weighted by molar-refractivity contribution is -0.148. The third-order valence-corrected chi connectivity index (χ3v) is 5.61. The van der Waals surface area contributed by atoms with E-state index in [1.54, 1.807) is 37.3 Å². The summed E-state index contributed by atoms with van der Waals surface area (Å²) in [5.41, 5.74) is 1.76. The maximum Gasteiger partial charge on any atom is 0.306 e. The van der Waals surface area contributed by atoms with E-state index in [0.29, 0.717) is 28.0 Å². The second kappa shape index (κ2) is 8.28. The van der Waals surface area contributed by atoms with E-state index in [4.69, 9.17) is 16.3 Å². The minimum Gasteiger partial charge on any atom is -0.458 e. The number of halogens is 1. The number of benzene rings is 3. The lowest BCUT2D eigenvalue weighted by Crippen LogP contribution is -2.41. The SMILES string of the molecule is CC(OC(=O)CCCN1C(=O)c2cccc3cccc(c23)C1=O)c1ccccc1Cl. The lowest BCUT2D eigenvalue weighted by atomic mass is 9.94. The van der Waals surface area contributed by atoms with Crippen LogP contribution in [0.15, 0.2) is 60.7 Å². The van der Waals surface area contributed by atoms with Crippen LogP contribution in [0.25, 0.3) is 10.8 Å². The first-order valence-corrected chi connectivity index (χ1v) is 10.2. The molecule has 0 aliphatic carbocycles. The fourth-order valence-corrected chi connectivity index (χ4v) is 4.08. The van der Waals surface area contributed by atoms with Crippen LogP contribution in [0.1, 0.15) is 52.1 Å². The van der Waals surface area contributed by atoms with Crippen LogP contribution in [-0.4, -0.2) is 29.2 Å². The van der Waals surface area contributed by atoms with Gasteiger partial charge in [0.2, 0.25) is 0 Å². The minimum absolute atomic E-state index is 0.0949. The summed E-state index contributed by atoms with van der Waals surface area (Å²) in [6.07, 6.45) is -0.0598. The molecule has 0 fully saturated rings. The molecule has 152 valence electrons. The summed E-state index contributed by atoms with van der Waals surface area (Å²) in [5.74, 6) is -1.06. The van der Waals surface area contributed by atoms with Crippen molar-refractivity contribution in [3.8, 4) is 0 Å². The molecule has 1 atom stereocenters. The Kier molecular flexibility index (Phi) is 5.55. The molecule has 5 nitrogen and oxygen atoms in total. The molecule has 0 radical (unpaired) electrons. The number of hydrogen-bond acceptors (Lipinski definition) is 4. The van der Waals surface area contributed by atoms with E-state index in [0.717, 1.165) is 10.9 Å². The molecule has 4 rings (SSSR count). The summed E-state index contributed by atoms with van der Waals surface area (Å²) < 4.78 is 5.45. The van der Waals surface area contributed by atoms with E-state index in [-0.39, 0.29) is 24.8 Å². The number of carbonyl (C=O) groups excluding carboxylic acids is 3. The molecule has 1 heterocycles. The predicted molar refractivity (Wildman–Crippen MR) is 115 cm³/mol. The predicted octanol–water partition coefficient (Wildman–Crippen LogP) is 5.17. The van der Waals surface area contributed by atoms with Crippen molar-refractivity contribution in [1.29, 1.82) is 0 Å². The molecular weight excluding hydrogens is 402 g/mol. The van der Waals surface area contributed by atoms with Gasteiger partial charge in [-0.25, -0.2) is 0 Å². The van der Waals surface area contributed by atoms with Crippen LogP contribution in [0.5, 0.6) is 0 Å². The summed E-state index contributed by atoms with van der Waals surface area (Å²) in [5, 5.41) is 2.10. The van der Waals surface area contributed by atoms with Crippen LogP contribution in [0, 0.1) is 0 Å². The van der Waals surface area contributed by atoms with Crippen molar-refractivity contribution >= 4 is 40.2 Å². The lowest BCUT2D eigenvalue weighted by Gasteiger charge is -2.27. The van der Waals surface area contributed by atoms with E-state index in [1.807, 2.05) is 30.3 Å². The molecule has 1 aliphatic heterocycles. The molecule has 0 saturated carbocycles. The standard InChI is InChI=1S/C24H20ClNO4/c1-15(17-9-2-3-12-20(17)25)30-21(27)13-6-14-26-23(28)18-10-4-7-16-8-5-11-19(22(16)18)24(26)29/h2-5,7-12,15H,6,13-14H2,1H3. The quantitative estimate of drug-likeness (QED) is 0.406. The highest BCUT2D eigenvalue weighted by atomic mass is 35.5. The minimum atomic E-state index is -0.478. The Morgan fingerprint density at radius 3 is 2.23 bits per heavy atom. The number of carbonyl (C=O) groups is 3. The van der Waals surface area contributed by atoms with Crippen molar-refractivity contribution in [3.05, 3.63) is 82.4 Å². The molecule has 1 unspecified atom stereocenters. The Bertz CT molecular complexity index is 1110. The first-order chi connectivity index (χ1) is 14.5. The van der Waals surface area contributed by atoms with Crippen LogP contribution in [-0.2, 0) is 9.53 Å². The van der Waals surface area contributed by atoms with Crippen molar-refractivity contribution in [2.24, 2.45) is 0 Å². The Labute approximate surface area is 179 Å². The normalized spacial score (nSPS) is 14.1. The van der Waals surface area contributed by atoms with Gasteiger partial charge in [-0.15, -0.1) is 0 Å². The van der Waals surface area contributed by atoms with Gasteiger partial charge in [0.15, 0.2) is 0 Å². The number of imide groups is 1. The van der Waals surface area contributed by atoms with E-state index in [1.165, 1.54) is 4.90 Å². The Morgan fingerprint density at radius 2 is 1.60 bits per heavy atom. The zero-order valence-electron chi connectivity index (χ0n) is 16.4. The number of esters is 1. The monoisotopic (exact) mass is 421 g/mol. The number of amides is 2. The van der Waals surface area contributed by atoms with Gasteiger partial charge in [-0.3, -0.25) is 19.3 Å². The molecule has 0 spiro atoms. The molecule has 0 aromatic heterocycles. The zero-order valence-corrected chi connectivity index (χ0v) is 17.2. The maximum absolute atomic E-state index is 12.9. The average molecular weight is 422 g/mol. The van der Waals surface area contributed by atoms with Gasteiger partial charge in [0, 0.05) is 40.1 Å². The van der Waals surface area contributed by atoms with E-state index in [2.05, 4.69) is 0 Å². The van der Waals surface area contributed by atoms with Gasteiger partial charge in [-0.2, -0.15) is 0 Å². The molecular formula is C24H20ClNO4. The smallest absolute Gasteiger partial charge is 0.306 e. The van der Waals surface area contributed by atoms with Gasteiger partial charge in [-0.1, -0.05) is 54.1 Å². The fourth-order valence-electron chi connectivity index (χ4n) is 3.79. The van der Waals surface area contributed by atoms with Gasteiger partial charge >= 0.3 is 5.97 Å². The summed E-state index contributed by atoms with van der Waals surface area (Å²) >= 11 is 6.14. The van der Waals surface area contributed by atoms with Gasteiger partial charge in [-0.05, 0) is 36.9 Å². The molecule has 2 amide bonds. The van der Waals surface area contributed by atoms with Crippen LogP contribution < -0.4 is 0 Å². The van der Waals surface area contributed by atoms with Crippen molar-refractivity contribution in [2.75, 3.05) is 6.54 Å². The van der Waals surface area contributed by atoms with E-state index in [9.17, 15) is 14.4 Å². The number of nitrogens with zero attached hydrogens (tertiary/aromatic N) is 1. The molecule has 3 aromatic carbocycles. The molecule has 6 heteroatoms. The number of hydrogen-bond donors (Lipinski definition) is 0. The Hall–Kier alpha value is -3.18. The summed E-state index contributed by atoms with van der Waals surface area (Å²) in [7, 11) is 0. The van der Waals surface area contributed by atoms with Crippen molar-refractivity contribution in [3.63, 3.8) is 0 Å². The molecule has 0 bridgehead atoms. The molecule has 0 N–H and O–H groups in total. The second-order valence-corrected chi connectivity index (χ2v) is 7.64. The Morgan fingerprint density at radius 1 is 0.967 bits per heavy atom. The Balaban J connectivity index is 1.40. The third-order valence-electron chi connectivity index (χ3n) is 5.27. The first-order valence-electron chi connectivity index (χ1n) is 9.79. The van der Waals surface area contributed by atoms with Crippen molar-refractivity contribution in [1.82, 2.24) is 4.90 Å². The van der Waals surface area contributed by atoms with Crippen LogP contribution in [0.4, 0.5) is 0 Å². The second-order valence-electron chi connectivity index (χ2n) is 7.23. The van der Waals surface area contributed by atoms with Gasteiger partial charge < -0.3 is 4.74 Å². The van der Waals surface area contributed by atoms with Gasteiger partial charge in [0.25, 0.3) is 11.8 Å². The number of ether oxygens (including phenoxy) is 1. The topological polar surface area (TPSA) is 63.7 Å². The highest BCUT2D eigenvalue weighted by Crippen LogP contribution is 2.30. The van der Waals surface area contributed by atoms with E-state index >= 15 is 0 Å². The molecule has 30 heavy (non-hydrogen) atoms. The van der Waals surface area contributed by atoms with Crippen LogP contribution in [0.3, 0.4) is 0 Å². The van der Waals surface area contributed by atoms with E-state index < -0.39 is 12.1 Å². The summed E-state index contributed by atoms with van der Waals surface area (Å²) in [6.45, 7) is 1.91. The highest BCUT2D eigenvalue weighted by Gasteiger charge is 2.32. The van der Waals surface area contributed by atoms with Crippen LogP contribution >= 0.6 is 11.6 Å². The van der Waals surface area contributed by atoms with Gasteiger partial charge in [0.05, 0.1) is 0 Å². The third kappa shape index (κ3) is 3.68. The largest absolute Gasteiger partial charge is 0.458 e. The molecule has 1 aliphatic rings. The molecule has 0 saturated heterocycles. The molecule has 3 aromatic rings. The van der Waals surface area contributed by atoms with Crippen LogP contribution in [0.2, 0.25) is 5.02 Å². The summed E-state index contributed by atoms with van der Waals surface area (Å²) in [6, 6.07) is 18.0. The number of rotatable bonds is 6. The fraction of sp³-hybridized carbons (Fsp3) is 0.208. The summed E-state index contributed by atoms with van der Waals surface area (Å²) in [4.78, 5) is 39.2. The van der Waals surface area contributed by atoms with Crippen molar-refractivity contribution in [2.45, 2.75) is 25.9 Å². The van der Waals surface area contributed by atoms with Gasteiger partial charge in [0.1, 0.15) is 6.10 Å².